The maximum Gasteiger partial charge on any atom is 0.245 e. The average Bonchev–Trinajstić information content (AvgIpc) is 2.73. The minimum atomic E-state index is -3.96. The Morgan fingerprint density at radius 2 is 1.94 bits per heavy atom. The van der Waals surface area contributed by atoms with E-state index in [0.29, 0.717) is 0 Å². The largest absolute Gasteiger partial charge is 0.369 e. The molecule has 2 aromatic rings. The topological polar surface area (TPSA) is 112 Å². The van der Waals surface area contributed by atoms with Gasteiger partial charge in [-0.15, -0.1) is 0 Å². The fourth-order valence-electron chi connectivity index (χ4n) is 3.36. The first-order valence-electron chi connectivity index (χ1n) is 9.22. The van der Waals surface area contributed by atoms with Crippen molar-refractivity contribution in [2.45, 2.75) is 31.1 Å². The van der Waals surface area contributed by atoms with E-state index in [1.165, 1.54) is 58.3 Å². The Kier molecular flexibility index (Phi) is 5.36. The fraction of sp³-hybridized carbons (Fsp3) is 0.286. The number of aromatic nitrogens is 1. The molecule has 31 heavy (non-hydrogen) atoms. The van der Waals surface area contributed by atoms with Crippen LogP contribution in [0, 0.1) is 17.1 Å². The van der Waals surface area contributed by atoms with Crippen molar-refractivity contribution in [2.24, 2.45) is 10.7 Å². The number of nitriles is 1. The molecule has 1 aliphatic rings. The van der Waals surface area contributed by atoms with Crippen molar-refractivity contribution in [3.8, 4) is 6.07 Å². The third kappa shape index (κ3) is 3.45. The molecule has 1 atom stereocenters. The predicted molar refractivity (Wildman–Crippen MR) is 114 cm³/mol. The number of nitrogens with two attached hydrogens (primary N) is 1. The minimum absolute atomic E-state index is 0.000510. The van der Waals surface area contributed by atoms with E-state index in [1.54, 1.807) is 0 Å². The van der Waals surface area contributed by atoms with Gasteiger partial charge in [-0.05, 0) is 56.7 Å². The van der Waals surface area contributed by atoms with Gasteiger partial charge < -0.3 is 5.73 Å². The second-order valence-electron chi connectivity index (χ2n) is 7.80. The van der Waals surface area contributed by atoms with Crippen LogP contribution in [-0.2, 0) is 15.6 Å². The van der Waals surface area contributed by atoms with E-state index >= 15 is 0 Å². The highest BCUT2D eigenvalue weighted by Gasteiger charge is 2.57. The van der Waals surface area contributed by atoms with E-state index < -0.39 is 32.0 Å². The van der Waals surface area contributed by atoms with E-state index in [4.69, 9.17) is 11.0 Å². The van der Waals surface area contributed by atoms with Crippen molar-refractivity contribution in [1.82, 2.24) is 9.29 Å². The molecule has 162 valence electrons. The summed E-state index contributed by atoms with van der Waals surface area (Å²) in [5.41, 5.74) is 4.79. The van der Waals surface area contributed by atoms with Gasteiger partial charge in [-0.3, -0.25) is 4.98 Å². The van der Waals surface area contributed by atoms with Crippen molar-refractivity contribution in [1.29, 1.82) is 5.26 Å². The lowest BCUT2D eigenvalue weighted by atomic mass is 9.80. The zero-order valence-electron chi connectivity index (χ0n) is 17.4. The molecule has 2 heterocycles. The molecule has 7 nitrogen and oxygen atoms in total. The zero-order valence-corrected chi connectivity index (χ0v) is 18.2. The van der Waals surface area contributed by atoms with Crippen LogP contribution in [0.3, 0.4) is 0 Å². The zero-order chi connectivity index (χ0) is 23.2. The molecular weight excluding hydrogens is 424 g/mol. The summed E-state index contributed by atoms with van der Waals surface area (Å²) in [6, 6.07) is 8.50. The average molecular weight is 445 g/mol. The number of nitrogens with zero attached hydrogens (tertiary/aromatic N) is 4. The Morgan fingerprint density at radius 3 is 2.52 bits per heavy atom. The number of rotatable bonds is 3. The highest BCUT2D eigenvalue weighted by molar-refractivity contribution is 7.91. The van der Waals surface area contributed by atoms with Gasteiger partial charge in [0, 0.05) is 18.8 Å². The monoisotopic (exact) mass is 445 g/mol. The smallest absolute Gasteiger partial charge is 0.245 e. The lowest BCUT2D eigenvalue weighted by Crippen LogP contribution is -2.62. The molecule has 0 fully saturated rings. The molecule has 0 radical (unpaired) electrons. The molecule has 3 rings (SSSR count). The summed E-state index contributed by atoms with van der Waals surface area (Å²) in [6.07, 6.45) is 2.38. The van der Waals surface area contributed by atoms with Crippen LogP contribution in [0.4, 0.5) is 8.78 Å². The number of pyridine rings is 1. The Morgan fingerprint density at radius 1 is 1.26 bits per heavy atom. The summed E-state index contributed by atoms with van der Waals surface area (Å²) in [5, 5.41) is 8.82. The highest BCUT2D eigenvalue weighted by Crippen LogP contribution is 2.46. The Hall–Kier alpha value is -3.32. The van der Waals surface area contributed by atoms with E-state index in [0.717, 1.165) is 16.4 Å². The number of benzene rings is 1. The van der Waals surface area contributed by atoms with Crippen LogP contribution in [0.15, 0.2) is 41.5 Å². The van der Waals surface area contributed by atoms with E-state index in [1.807, 2.05) is 6.07 Å². The molecule has 0 bridgehead atoms. The van der Waals surface area contributed by atoms with Gasteiger partial charge >= 0.3 is 0 Å². The lowest BCUT2D eigenvalue weighted by Gasteiger charge is -2.46. The van der Waals surface area contributed by atoms with Crippen molar-refractivity contribution >= 4 is 27.9 Å². The van der Waals surface area contributed by atoms with Crippen molar-refractivity contribution in [2.75, 3.05) is 7.05 Å². The van der Waals surface area contributed by atoms with Crippen LogP contribution >= 0.6 is 0 Å². The summed E-state index contributed by atoms with van der Waals surface area (Å²) in [6.45, 7) is 4.37. The first-order chi connectivity index (χ1) is 14.3. The standard InChI is InChI=1S/C21H21F2N5O2S/c1-20(2)21(3,27-19(25)28(4)31(20,29)30)15-9-13(5-7-16(15)22)10-17(23)18-8-6-14(11-24)12-26-18/h5-10,12H,1-4H3,(H2,25,27)/b17-10-/t21-/m1/s1. The van der Waals surface area contributed by atoms with Gasteiger partial charge in [-0.1, -0.05) is 6.07 Å². The van der Waals surface area contributed by atoms with Gasteiger partial charge in [0.2, 0.25) is 16.0 Å². The molecule has 0 amide bonds. The normalized spacial score (nSPS) is 22.5. The van der Waals surface area contributed by atoms with Crippen molar-refractivity contribution < 1.29 is 17.2 Å². The number of hydrogen-bond acceptors (Lipinski definition) is 6. The van der Waals surface area contributed by atoms with E-state index in [-0.39, 0.29) is 28.3 Å². The second kappa shape index (κ2) is 7.42. The fourth-order valence-corrected chi connectivity index (χ4v) is 4.99. The first-order valence-corrected chi connectivity index (χ1v) is 10.7. The Bertz CT molecular complexity index is 1250. The number of hydrogen-bond donors (Lipinski definition) is 1. The van der Waals surface area contributed by atoms with Crippen molar-refractivity contribution in [3.05, 3.63) is 64.7 Å². The van der Waals surface area contributed by atoms with Crippen LogP contribution in [0.1, 0.15) is 43.2 Å². The molecule has 10 heteroatoms. The summed E-state index contributed by atoms with van der Waals surface area (Å²) < 4.78 is 54.9. The molecule has 1 aromatic carbocycles. The second-order valence-corrected chi connectivity index (χ2v) is 10.3. The number of guanidine groups is 1. The molecule has 0 unspecified atom stereocenters. The van der Waals surface area contributed by atoms with Gasteiger partial charge in [0.05, 0.1) is 11.3 Å². The maximum absolute atomic E-state index is 14.9. The third-order valence-corrected chi connectivity index (χ3v) is 8.38. The predicted octanol–water partition coefficient (Wildman–Crippen LogP) is 3.14. The first kappa shape index (κ1) is 22.4. The molecule has 2 N–H and O–H groups in total. The summed E-state index contributed by atoms with van der Waals surface area (Å²) >= 11 is 0. The number of aliphatic imine (C=N–C) groups is 1. The molecular formula is C21H21F2N5O2S. The van der Waals surface area contributed by atoms with Crippen LogP contribution in [-0.4, -0.2) is 35.5 Å². The Labute approximate surface area is 179 Å². The van der Waals surface area contributed by atoms with Crippen LogP contribution in [0.25, 0.3) is 11.9 Å². The van der Waals surface area contributed by atoms with Crippen LogP contribution in [0.5, 0.6) is 0 Å². The summed E-state index contributed by atoms with van der Waals surface area (Å²) in [5.74, 6) is -1.67. The SMILES string of the molecule is CN1C(N)=N[C@](C)(c2cc(/C=C(\F)c3ccc(C#N)cn3)ccc2F)C(C)(C)S1(=O)=O. The van der Waals surface area contributed by atoms with Gasteiger partial charge in [0.25, 0.3) is 0 Å². The maximum atomic E-state index is 14.9. The van der Waals surface area contributed by atoms with E-state index in [2.05, 4.69) is 9.98 Å². The third-order valence-electron chi connectivity index (χ3n) is 5.78. The van der Waals surface area contributed by atoms with Crippen LogP contribution < -0.4 is 5.73 Å². The lowest BCUT2D eigenvalue weighted by molar-refractivity contribution is 0.327. The number of sulfonamides is 1. The van der Waals surface area contributed by atoms with E-state index in [9.17, 15) is 17.2 Å². The minimum Gasteiger partial charge on any atom is -0.369 e. The quantitative estimate of drug-likeness (QED) is 0.780. The van der Waals surface area contributed by atoms with Gasteiger partial charge in [0.1, 0.15) is 28.0 Å². The van der Waals surface area contributed by atoms with Crippen molar-refractivity contribution in [3.63, 3.8) is 0 Å². The molecule has 1 aromatic heterocycles. The molecule has 0 spiro atoms. The summed E-state index contributed by atoms with van der Waals surface area (Å²) in [7, 11) is -2.68. The molecule has 0 saturated carbocycles. The van der Waals surface area contributed by atoms with Gasteiger partial charge in [-0.25, -0.2) is 26.5 Å². The molecule has 0 aliphatic carbocycles. The summed E-state index contributed by atoms with van der Waals surface area (Å²) in [4.78, 5) is 8.20. The number of halogens is 2. The Balaban J connectivity index is 2.14. The van der Waals surface area contributed by atoms with Gasteiger partial charge in [-0.2, -0.15) is 5.26 Å². The molecule has 1 aliphatic heterocycles. The highest BCUT2D eigenvalue weighted by atomic mass is 32.2. The van der Waals surface area contributed by atoms with Crippen LogP contribution in [0.2, 0.25) is 0 Å². The van der Waals surface area contributed by atoms with Gasteiger partial charge in [0.15, 0.2) is 0 Å². The molecule has 0 saturated heterocycles.